The number of amidine groups is 1. The normalized spacial score (nSPS) is 24.9. The van der Waals surface area contributed by atoms with Crippen LogP contribution in [0.15, 0.2) is 11.2 Å². The van der Waals surface area contributed by atoms with Gasteiger partial charge in [0.25, 0.3) is 5.91 Å². The first-order chi connectivity index (χ1) is 10.5. The van der Waals surface area contributed by atoms with E-state index in [-0.39, 0.29) is 11.9 Å². The highest BCUT2D eigenvalue weighted by molar-refractivity contribution is 6.18. The minimum absolute atomic E-state index is 0.214. The zero-order chi connectivity index (χ0) is 15.6. The third-order valence-electron chi connectivity index (χ3n) is 5.06. The SMILES string of the molecule is Cc1c[n+]2c(n1C1CCCC1)N=C1C2C(=O)N(C)C(=O)N1C. The van der Waals surface area contributed by atoms with Crippen LogP contribution in [0.3, 0.4) is 0 Å². The summed E-state index contributed by atoms with van der Waals surface area (Å²) < 4.78 is 4.16. The van der Waals surface area contributed by atoms with Crippen LogP contribution >= 0.6 is 0 Å². The molecule has 7 heteroatoms. The van der Waals surface area contributed by atoms with Gasteiger partial charge < -0.3 is 0 Å². The monoisotopic (exact) mass is 302 g/mol. The van der Waals surface area contributed by atoms with Crippen LogP contribution in [-0.2, 0) is 4.79 Å². The van der Waals surface area contributed by atoms with Crippen molar-refractivity contribution in [1.82, 2.24) is 14.4 Å². The van der Waals surface area contributed by atoms with E-state index >= 15 is 0 Å². The van der Waals surface area contributed by atoms with Gasteiger partial charge in [-0.3, -0.25) is 14.6 Å². The summed E-state index contributed by atoms with van der Waals surface area (Å²) in [6.07, 6.45) is 6.77. The molecule has 1 atom stereocenters. The maximum absolute atomic E-state index is 12.5. The number of carbonyl (C=O) groups excluding carboxylic acids is 2. The lowest BCUT2D eigenvalue weighted by Gasteiger charge is -2.30. The topological polar surface area (TPSA) is 61.8 Å². The quantitative estimate of drug-likeness (QED) is 0.734. The number of carbonyl (C=O) groups is 2. The van der Waals surface area contributed by atoms with Crippen LogP contribution < -0.4 is 4.57 Å². The van der Waals surface area contributed by atoms with Crippen molar-refractivity contribution < 1.29 is 14.2 Å². The molecule has 1 aliphatic carbocycles. The van der Waals surface area contributed by atoms with E-state index < -0.39 is 6.04 Å². The van der Waals surface area contributed by atoms with Crippen LogP contribution in [0.2, 0.25) is 0 Å². The summed E-state index contributed by atoms with van der Waals surface area (Å²) >= 11 is 0. The third-order valence-corrected chi connectivity index (χ3v) is 5.06. The molecule has 1 aromatic heterocycles. The predicted octanol–water partition coefficient (Wildman–Crippen LogP) is 1.31. The largest absolute Gasteiger partial charge is 0.402 e. The van der Waals surface area contributed by atoms with Gasteiger partial charge in [0.05, 0.1) is 6.04 Å². The fraction of sp³-hybridized carbons (Fsp3) is 0.600. The van der Waals surface area contributed by atoms with Gasteiger partial charge in [-0.2, -0.15) is 0 Å². The van der Waals surface area contributed by atoms with E-state index in [9.17, 15) is 9.59 Å². The molecular weight excluding hydrogens is 282 g/mol. The number of hydrogen-bond donors (Lipinski definition) is 0. The Morgan fingerprint density at radius 1 is 1.18 bits per heavy atom. The average molecular weight is 302 g/mol. The smallest absolute Gasteiger partial charge is 0.270 e. The highest BCUT2D eigenvalue weighted by Crippen LogP contribution is 2.36. The molecule has 22 heavy (non-hydrogen) atoms. The van der Waals surface area contributed by atoms with Gasteiger partial charge in [-0.05, 0) is 32.6 Å². The molecule has 0 bridgehead atoms. The molecule has 1 unspecified atom stereocenters. The number of fused-ring (bicyclic) bond motifs is 3. The molecule has 0 radical (unpaired) electrons. The highest BCUT2D eigenvalue weighted by Gasteiger charge is 2.52. The van der Waals surface area contributed by atoms with E-state index in [2.05, 4.69) is 16.5 Å². The van der Waals surface area contributed by atoms with Crippen LogP contribution in [0.5, 0.6) is 0 Å². The van der Waals surface area contributed by atoms with Crippen LogP contribution in [-0.4, -0.2) is 46.2 Å². The lowest BCUT2D eigenvalue weighted by molar-refractivity contribution is -0.677. The third kappa shape index (κ3) is 1.56. The second kappa shape index (κ2) is 4.41. The zero-order valence-corrected chi connectivity index (χ0v) is 13.1. The first-order valence-electron chi connectivity index (χ1n) is 7.77. The van der Waals surface area contributed by atoms with Crippen molar-refractivity contribution in [1.29, 1.82) is 0 Å². The zero-order valence-electron chi connectivity index (χ0n) is 13.1. The van der Waals surface area contributed by atoms with E-state index in [1.165, 1.54) is 29.7 Å². The molecule has 7 nitrogen and oxygen atoms in total. The summed E-state index contributed by atoms with van der Waals surface area (Å²) in [5, 5.41) is 0. The van der Waals surface area contributed by atoms with Crippen molar-refractivity contribution >= 4 is 23.7 Å². The number of imidazole rings is 1. The van der Waals surface area contributed by atoms with Crippen molar-refractivity contribution in [2.75, 3.05) is 14.1 Å². The summed E-state index contributed by atoms with van der Waals surface area (Å²) in [4.78, 5) is 31.9. The summed E-state index contributed by atoms with van der Waals surface area (Å²) in [6, 6.07) is -0.381. The number of urea groups is 1. The molecule has 0 spiro atoms. The number of nitrogens with zero attached hydrogens (tertiary/aromatic N) is 5. The standard InChI is InChI=1S/C15H20N5O2/c1-9-8-19-11-12(17(2)15(22)18(3)13(11)21)16-14(19)20(9)10-6-4-5-7-10/h8,10-11H,4-7H2,1-3H3/q+1. The second-order valence-corrected chi connectivity index (χ2v) is 6.40. The molecule has 1 saturated carbocycles. The summed E-state index contributed by atoms with van der Waals surface area (Å²) in [6.45, 7) is 2.06. The average Bonchev–Trinajstić information content (AvgIpc) is 3.17. The molecule has 0 N–H and O–H groups in total. The number of likely N-dealkylation sites (N-methyl/N-ethyl adjacent to an activating group) is 2. The van der Waals surface area contributed by atoms with Gasteiger partial charge in [-0.15, -0.1) is 0 Å². The van der Waals surface area contributed by atoms with Crippen molar-refractivity contribution in [3.63, 3.8) is 0 Å². The molecule has 1 saturated heterocycles. The molecule has 1 aromatic rings. The predicted molar refractivity (Wildman–Crippen MR) is 78.9 cm³/mol. The highest BCUT2D eigenvalue weighted by atomic mass is 16.2. The minimum atomic E-state index is -0.510. The lowest BCUT2D eigenvalue weighted by atomic mass is 10.2. The number of imide groups is 1. The van der Waals surface area contributed by atoms with Crippen molar-refractivity contribution in [3.8, 4) is 0 Å². The summed E-state index contributed by atoms with van der Waals surface area (Å²) in [5.41, 5.74) is 1.12. The van der Waals surface area contributed by atoms with Crippen LogP contribution in [0.1, 0.15) is 43.5 Å². The Kier molecular flexibility index (Phi) is 2.70. The fourth-order valence-electron chi connectivity index (χ4n) is 3.90. The molecule has 4 rings (SSSR count). The Bertz CT molecular complexity index is 714. The Balaban J connectivity index is 1.85. The number of aromatic nitrogens is 2. The van der Waals surface area contributed by atoms with Gasteiger partial charge >= 0.3 is 12.0 Å². The maximum Gasteiger partial charge on any atom is 0.402 e. The van der Waals surface area contributed by atoms with E-state index in [0.717, 1.165) is 24.5 Å². The summed E-state index contributed by atoms with van der Waals surface area (Å²) in [7, 11) is 3.20. The molecule has 3 aliphatic rings. The second-order valence-electron chi connectivity index (χ2n) is 6.40. The maximum atomic E-state index is 12.5. The minimum Gasteiger partial charge on any atom is -0.270 e. The van der Waals surface area contributed by atoms with E-state index in [1.807, 2.05) is 10.8 Å². The first kappa shape index (κ1) is 13.5. The molecule has 3 heterocycles. The van der Waals surface area contributed by atoms with E-state index in [0.29, 0.717) is 11.9 Å². The first-order valence-corrected chi connectivity index (χ1v) is 7.77. The Morgan fingerprint density at radius 2 is 1.86 bits per heavy atom. The van der Waals surface area contributed by atoms with Gasteiger partial charge in [0.2, 0.25) is 11.9 Å². The molecule has 0 aromatic carbocycles. The van der Waals surface area contributed by atoms with Gasteiger partial charge in [0.15, 0.2) is 0 Å². The molecule has 2 fully saturated rings. The lowest BCUT2D eigenvalue weighted by Crippen LogP contribution is -2.61. The molecule has 2 aliphatic heterocycles. The number of aryl methyl sites for hydroxylation is 1. The van der Waals surface area contributed by atoms with Crippen LogP contribution in [0.25, 0.3) is 0 Å². The Hall–Kier alpha value is -2.18. The fourth-order valence-corrected chi connectivity index (χ4v) is 3.90. The van der Waals surface area contributed by atoms with Gasteiger partial charge in [-0.1, -0.05) is 4.99 Å². The Labute approximate surface area is 128 Å². The van der Waals surface area contributed by atoms with Crippen molar-refractivity contribution in [2.45, 2.75) is 44.7 Å². The number of aliphatic imine (C=N–C) groups is 1. The van der Waals surface area contributed by atoms with Gasteiger partial charge in [0.1, 0.15) is 11.9 Å². The summed E-state index contributed by atoms with van der Waals surface area (Å²) in [5.74, 6) is 1.12. The number of rotatable bonds is 1. The van der Waals surface area contributed by atoms with Crippen molar-refractivity contribution in [2.24, 2.45) is 4.99 Å². The Morgan fingerprint density at radius 3 is 2.55 bits per heavy atom. The van der Waals surface area contributed by atoms with Gasteiger partial charge in [0, 0.05) is 14.1 Å². The number of amides is 3. The molecular formula is C15H20N5O2+. The molecule has 3 amide bonds. The van der Waals surface area contributed by atoms with Crippen molar-refractivity contribution in [3.05, 3.63) is 11.9 Å². The van der Waals surface area contributed by atoms with Gasteiger partial charge in [-0.25, -0.2) is 13.9 Å². The van der Waals surface area contributed by atoms with E-state index in [4.69, 9.17) is 0 Å². The van der Waals surface area contributed by atoms with Crippen LogP contribution in [0.4, 0.5) is 10.7 Å². The molecule has 116 valence electrons. The van der Waals surface area contributed by atoms with Crippen LogP contribution in [0, 0.1) is 6.92 Å². The van der Waals surface area contributed by atoms with E-state index in [1.54, 1.807) is 7.05 Å². The number of hydrogen-bond acceptors (Lipinski definition) is 3.